The predicted molar refractivity (Wildman–Crippen MR) is 107 cm³/mol. The first-order valence-corrected chi connectivity index (χ1v) is 9.09. The smallest absolute Gasteiger partial charge is 0.270 e. The number of ether oxygens (including phenoxy) is 1. The highest BCUT2D eigenvalue weighted by Crippen LogP contribution is 2.39. The van der Waals surface area contributed by atoms with E-state index in [1.54, 1.807) is 12.1 Å². The lowest BCUT2D eigenvalue weighted by atomic mass is 10.1. The van der Waals surface area contributed by atoms with Gasteiger partial charge in [0, 0.05) is 0 Å². The summed E-state index contributed by atoms with van der Waals surface area (Å²) in [4.78, 5) is 14.3. The topological polar surface area (TPSA) is 49.8 Å². The van der Waals surface area contributed by atoms with Crippen molar-refractivity contribution in [3.63, 3.8) is 0 Å². The highest BCUT2D eigenvalue weighted by atomic mass is 35.5. The molecule has 0 unspecified atom stereocenters. The van der Waals surface area contributed by atoms with Crippen LogP contribution in [0.25, 0.3) is 6.08 Å². The van der Waals surface area contributed by atoms with Crippen LogP contribution < -0.4 is 9.64 Å². The second-order valence-electron chi connectivity index (χ2n) is 5.17. The monoisotopic (exact) mass is 429 g/mol. The zero-order valence-corrected chi connectivity index (χ0v) is 16.3. The summed E-state index contributed by atoms with van der Waals surface area (Å²) in [5.74, 6) is -0.947. The van der Waals surface area contributed by atoms with Gasteiger partial charge < -0.3 is 9.84 Å². The molecule has 1 N–H and O–H groups in total. The Morgan fingerprint density at radius 3 is 2.65 bits per heavy atom. The summed E-state index contributed by atoms with van der Waals surface area (Å²) in [6.07, 6.45) is 1.58. The first kappa shape index (κ1) is 19.0. The van der Waals surface area contributed by atoms with E-state index in [2.05, 4.69) is 0 Å². The predicted octanol–water partition coefficient (Wildman–Crippen LogP) is 5.25. The highest BCUT2D eigenvalue weighted by Gasteiger charge is 2.33. The van der Waals surface area contributed by atoms with Crippen molar-refractivity contribution in [2.24, 2.45) is 0 Å². The molecule has 3 rings (SSSR count). The molecule has 0 saturated carbocycles. The largest absolute Gasteiger partial charge is 0.503 e. The molecule has 26 heavy (non-hydrogen) atoms. The summed E-state index contributed by atoms with van der Waals surface area (Å²) < 4.78 is 18.7. The fourth-order valence-corrected chi connectivity index (χ4v) is 3.99. The molecule has 1 aliphatic heterocycles. The van der Waals surface area contributed by atoms with Crippen molar-refractivity contribution in [1.82, 2.24) is 0 Å². The van der Waals surface area contributed by atoms with Gasteiger partial charge in [-0.15, -0.1) is 0 Å². The average Bonchev–Trinajstić information content (AvgIpc) is 2.87. The number of phenolic OH excluding ortho intramolecular Hbond substituents is 1. The third-order valence-electron chi connectivity index (χ3n) is 3.52. The van der Waals surface area contributed by atoms with Crippen molar-refractivity contribution >= 4 is 69.2 Å². The molecule has 0 bridgehead atoms. The number of hydrogen-bond donors (Lipinski definition) is 1. The van der Waals surface area contributed by atoms with Crippen LogP contribution >= 0.6 is 47.2 Å². The third kappa shape index (κ3) is 3.53. The van der Waals surface area contributed by atoms with Crippen LogP contribution in [0.15, 0.2) is 35.2 Å². The van der Waals surface area contributed by atoms with Gasteiger partial charge in [0.2, 0.25) is 0 Å². The van der Waals surface area contributed by atoms with Gasteiger partial charge in [-0.2, -0.15) is 0 Å². The van der Waals surface area contributed by atoms with E-state index in [9.17, 15) is 14.3 Å². The molecule has 0 atom stereocenters. The number of nitrogens with zero attached hydrogens (tertiary/aromatic N) is 1. The summed E-state index contributed by atoms with van der Waals surface area (Å²) in [7, 11) is 1.40. The highest BCUT2D eigenvalue weighted by molar-refractivity contribution is 8.27. The van der Waals surface area contributed by atoms with Crippen molar-refractivity contribution in [3.8, 4) is 11.5 Å². The maximum atomic E-state index is 13.4. The van der Waals surface area contributed by atoms with Crippen LogP contribution in [0.3, 0.4) is 0 Å². The van der Waals surface area contributed by atoms with Crippen LogP contribution in [-0.2, 0) is 4.79 Å². The molecule has 2 aromatic carbocycles. The van der Waals surface area contributed by atoms with Gasteiger partial charge in [-0.05, 0) is 42.0 Å². The molecule has 0 spiro atoms. The van der Waals surface area contributed by atoms with E-state index in [1.807, 2.05) is 0 Å². The van der Waals surface area contributed by atoms with Crippen LogP contribution in [0.4, 0.5) is 10.1 Å². The minimum absolute atomic E-state index is 0.0939. The quantitative estimate of drug-likeness (QED) is 0.532. The van der Waals surface area contributed by atoms with Crippen molar-refractivity contribution in [2.45, 2.75) is 0 Å². The molecule has 1 heterocycles. The van der Waals surface area contributed by atoms with Gasteiger partial charge in [0.25, 0.3) is 5.91 Å². The molecule has 0 aromatic heterocycles. The maximum absolute atomic E-state index is 13.4. The van der Waals surface area contributed by atoms with Crippen molar-refractivity contribution in [3.05, 3.63) is 56.7 Å². The van der Waals surface area contributed by atoms with Crippen LogP contribution in [0, 0.1) is 5.82 Å². The average molecular weight is 430 g/mol. The molecule has 1 aliphatic rings. The molecule has 9 heteroatoms. The summed E-state index contributed by atoms with van der Waals surface area (Å²) in [5, 5.41) is 9.79. The number of hydrogen-bond acceptors (Lipinski definition) is 5. The number of benzene rings is 2. The van der Waals surface area contributed by atoms with Crippen LogP contribution in [0.1, 0.15) is 5.56 Å². The summed E-state index contributed by atoms with van der Waals surface area (Å²) >= 11 is 18.1. The van der Waals surface area contributed by atoms with Gasteiger partial charge in [-0.3, -0.25) is 9.69 Å². The lowest BCUT2D eigenvalue weighted by Gasteiger charge is -2.14. The summed E-state index contributed by atoms with van der Waals surface area (Å²) in [6, 6.07) is 6.98. The molecule has 0 aliphatic carbocycles. The molecule has 0 radical (unpaired) electrons. The number of halogens is 3. The van der Waals surface area contributed by atoms with Crippen molar-refractivity contribution in [1.29, 1.82) is 0 Å². The summed E-state index contributed by atoms with van der Waals surface area (Å²) in [5.41, 5.74) is 0.936. The van der Waals surface area contributed by atoms with E-state index in [0.29, 0.717) is 20.5 Å². The molecule has 4 nitrogen and oxygen atoms in total. The normalized spacial score (nSPS) is 15.8. The number of carbonyl (C=O) groups is 1. The third-order valence-corrected chi connectivity index (χ3v) is 5.40. The fraction of sp³-hybridized carbons (Fsp3) is 0.0588. The minimum atomic E-state index is -0.581. The van der Waals surface area contributed by atoms with E-state index < -0.39 is 5.82 Å². The van der Waals surface area contributed by atoms with Gasteiger partial charge >= 0.3 is 0 Å². The molecule has 2 aromatic rings. The number of amides is 1. The van der Waals surface area contributed by atoms with E-state index in [1.165, 1.54) is 36.3 Å². The van der Waals surface area contributed by atoms with E-state index in [4.69, 9.17) is 40.2 Å². The number of anilines is 1. The Bertz CT molecular complexity index is 965. The first-order valence-electron chi connectivity index (χ1n) is 7.11. The van der Waals surface area contributed by atoms with Crippen molar-refractivity contribution < 1.29 is 19.0 Å². The Kier molecular flexibility index (Phi) is 5.43. The molecule has 1 fully saturated rings. The number of aromatic hydroxyl groups is 1. The van der Waals surface area contributed by atoms with E-state index in [0.717, 1.165) is 11.8 Å². The van der Waals surface area contributed by atoms with Gasteiger partial charge in [-0.25, -0.2) is 4.39 Å². The van der Waals surface area contributed by atoms with E-state index in [-0.39, 0.29) is 27.5 Å². The number of rotatable bonds is 3. The Labute approximate surface area is 168 Å². The maximum Gasteiger partial charge on any atom is 0.270 e. The van der Waals surface area contributed by atoms with Crippen LogP contribution in [-0.4, -0.2) is 22.4 Å². The van der Waals surface area contributed by atoms with Gasteiger partial charge in [0.1, 0.15) is 5.82 Å². The number of thioether (sulfide) groups is 1. The lowest BCUT2D eigenvalue weighted by molar-refractivity contribution is -0.113. The van der Waals surface area contributed by atoms with E-state index >= 15 is 0 Å². The van der Waals surface area contributed by atoms with Crippen LogP contribution in [0.2, 0.25) is 10.0 Å². The number of phenols is 1. The number of carbonyl (C=O) groups excluding carboxylic acids is 1. The molecule has 1 saturated heterocycles. The zero-order chi connectivity index (χ0) is 19.0. The lowest BCUT2D eigenvalue weighted by Crippen LogP contribution is -2.27. The Morgan fingerprint density at radius 1 is 1.27 bits per heavy atom. The van der Waals surface area contributed by atoms with Crippen LogP contribution in [0.5, 0.6) is 11.5 Å². The second kappa shape index (κ2) is 7.44. The molecular formula is C17H10Cl2FNO3S2. The Hall–Kier alpha value is -1.80. The molecular weight excluding hydrogens is 420 g/mol. The minimum Gasteiger partial charge on any atom is -0.503 e. The van der Waals surface area contributed by atoms with Crippen molar-refractivity contribution in [2.75, 3.05) is 12.0 Å². The standard InChI is InChI=1S/C17H10Cl2FNO3S2/c1-24-13-5-8(4-11(19)15(13)22)6-14-16(23)21(17(25)26-14)9-2-3-12(20)10(18)7-9/h2-7,22H,1H3. The fourth-order valence-electron chi connectivity index (χ4n) is 2.30. The number of thiocarbonyl (C=S) groups is 1. The SMILES string of the molecule is COc1cc(C=C2SC(=S)N(c3ccc(F)c(Cl)c3)C2=O)cc(Cl)c1O. The summed E-state index contributed by atoms with van der Waals surface area (Å²) in [6.45, 7) is 0. The molecule has 1 amide bonds. The number of methoxy groups -OCH3 is 1. The second-order valence-corrected chi connectivity index (χ2v) is 7.66. The Balaban J connectivity index is 1.97. The zero-order valence-electron chi connectivity index (χ0n) is 13.1. The molecule has 134 valence electrons. The van der Waals surface area contributed by atoms with Gasteiger partial charge in [0.15, 0.2) is 15.8 Å². The first-order chi connectivity index (χ1) is 12.3. The van der Waals surface area contributed by atoms with Gasteiger partial charge in [0.05, 0.1) is 27.7 Å². The van der Waals surface area contributed by atoms with Gasteiger partial charge in [-0.1, -0.05) is 47.2 Å². The Morgan fingerprint density at radius 2 is 2.00 bits per heavy atom.